The number of rotatable bonds is 10. The molecule has 1 aromatic carbocycles. The number of hydrogen-bond acceptors (Lipinski definition) is 4. The van der Waals surface area contributed by atoms with Crippen LogP contribution in [0.1, 0.15) is 65.4 Å². The van der Waals surface area contributed by atoms with Crippen LogP contribution in [0.25, 0.3) is 0 Å². The van der Waals surface area contributed by atoms with E-state index in [1.54, 1.807) is 19.9 Å². The van der Waals surface area contributed by atoms with E-state index >= 15 is 0 Å². The quantitative estimate of drug-likeness (QED) is 0.519. The molecule has 1 heterocycles. The Labute approximate surface area is 170 Å². The average Bonchev–Trinajstić information content (AvgIpc) is 2.61. The second kappa shape index (κ2) is 10.6. The standard InChI is InChI=1S/C22H36FNO3S/c1-17(2)28(25,26)13-9-7-5-6-8-10-20-11-12-21(14-22(20)23)24-15-18(3)27-19(4)16-24/h11-12,14,17-19H,5-10,13,15-16H2,1-4H3/t18-,19+. The highest BCUT2D eigenvalue weighted by atomic mass is 32.2. The van der Waals surface area contributed by atoms with Gasteiger partial charge in [-0.1, -0.05) is 25.3 Å². The number of benzene rings is 1. The predicted molar refractivity (Wildman–Crippen MR) is 114 cm³/mol. The van der Waals surface area contributed by atoms with Gasteiger partial charge in [-0.25, -0.2) is 12.8 Å². The monoisotopic (exact) mass is 413 g/mol. The molecule has 0 unspecified atom stereocenters. The van der Waals surface area contributed by atoms with Gasteiger partial charge < -0.3 is 9.64 Å². The van der Waals surface area contributed by atoms with Crippen LogP contribution >= 0.6 is 0 Å². The lowest BCUT2D eigenvalue weighted by Crippen LogP contribution is -2.45. The zero-order valence-electron chi connectivity index (χ0n) is 17.8. The Morgan fingerprint density at radius 3 is 2.29 bits per heavy atom. The zero-order chi connectivity index (χ0) is 20.7. The first-order valence-corrected chi connectivity index (χ1v) is 12.3. The summed E-state index contributed by atoms with van der Waals surface area (Å²) in [4.78, 5) is 2.19. The molecule has 1 saturated heterocycles. The fourth-order valence-corrected chi connectivity index (χ4v) is 4.79. The molecule has 0 radical (unpaired) electrons. The van der Waals surface area contributed by atoms with E-state index in [1.807, 2.05) is 26.0 Å². The molecule has 0 spiro atoms. The molecule has 0 aliphatic carbocycles. The lowest BCUT2D eigenvalue weighted by Gasteiger charge is -2.37. The highest BCUT2D eigenvalue weighted by molar-refractivity contribution is 7.91. The van der Waals surface area contributed by atoms with Crippen molar-refractivity contribution in [1.29, 1.82) is 0 Å². The molecule has 160 valence electrons. The third kappa shape index (κ3) is 7.03. The van der Waals surface area contributed by atoms with Gasteiger partial charge in [-0.05, 0) is 64.7 Å². The molecular weight excluding hydrogens is 377 g/mol. The van der Waals surface area contributed by atoms with Crippen LogP contribution in [0.15, 0.2) is 18.2 Å². The Kier molecular flexibility index (Phi) is 8.75. The summed E-state index contributed by atoms with van der Waals surface area (Å²) in [6.45, 7) is 9.13. The van der Waals surface area contributed by atoms with E-state index in [0.29, 0.717) is 0 Å². The van der Waals surface area contributed by atoms with Gasteiger partial charge in [0.15, 0.2) is 9.84 Å². The van der Waals surface area contributed by atoms with E-state index in [1.165, 1.54) is 0 Å². The van der Waals surface area contributed by atoms with Crippen molar-refractivity contribution in [3.05, 3.63) is 29.6 Å². The second-order valence-corrected chi connectivity index (χ2v) is 11.0. The van der Waals surface area contributed by atoms with Gasteiger partial charge in [0.2, 0.25) is 0 Å². The number of nitrogens with zero attached hydrogens (tertiary/aromatic N) is 1. The van der Waals surface area contributed by atoms with Gasteiger partial charge in [0.05, 0.1) is 23.2 Å². The summed E-state index contributed by atoms with van der Waals surface area (Å²) in [6.07, 6.45) is 5.61. The summed E-state index contributed by atoms with van der Waals surface area (Å²) in [6, 6.07) is 5.57. The van der Waals surface area contributed by atoms with Crippen molar-refractivity contribution in [2.24, 2.45) is 0 Å². The Balaban J connectivity index is 1.72. The molecule has 0 aromatic heterocycles. The van der Waals surface area contributed by atoms with Crippen molar-refractivity contribution in [2.75, 3.05) is 23.7 Å². The van der Waals surface area contributed by atoms with E-state index in [9.17, 15) is 12.8 Å². The molecule has 1 aliphatic heterocycles. The van der Waals surface area contributed by atoms with Gasteiger partial charge in [0, 0.05) is 18.8 Å². The van der Waals surface area contributed by atoms with E-state index in [4.69, 9.17) is 4.74 Å². The normalized spacial score (nSPS) is 20.7. The topological polar surface area (TPSA) is 46.6 Å². The van der Waals surface area contributed by atoms with Gasteiger partial charge >= 0.3 is 0 Å². The molecule has 0 N–H and O–H groups in total. The van der Waals surface area contributed by atoms with Crippen molar-refractivity contribution in [1.82, 2.24) is 0 Å². The molecule has 1 aliphatic rings. The fraction of sp³-hybridized carbons (Fsp3) is 0.727. The molecule has 6 heteroatoms. The molecule has 1 fully saturated rings. The molecule has 2 atom stereocenters. The fourth-order valence-electron chi connectivity index (χ4n) is 3.71. The van der Waals surface area contributed by atoms with Crippen LogP contribution in [0.2, 0.25) is 0 Å². The number of unbranched alkanes of at least 4 members (excludes halogenated alkanes) is 4. The van der Waals surface area contributed by atoms with Crippen LogP contribution in [-0.4, -0.2) is 44.7 Å². The van der Waals surface area contributed by atoms with Crippen molar-refractivity contribution < 1.29 is 17.5 Å². The summed E-state index contributed by atoms with van der Waals surface area (Å²) in [5, 5.41) is -0.290. The van der Waals surface area contributed by atoms with E-state index in [-0.39, 0.29) is 29.0 Å². The third-order valence-corrected chi connectivity index (χ3v) is 7.71. The smallest absolute Gasteiger partial charge is 0.152 e. The minimum Gasteiger partial charge on any atom is -0.372 e. The van der Waals surface area contributed by atoms with Gasteiger partial charge in [0.1, 0.15) is 5.82 Å². The summed E-state index contributed by atoms with van der Waals surface area (Å²) in [5.41, 5.74) is 1.69. The van der Waals surface area contributed by atoms with E-state index in [2.05, 4.69) is 4.90 Å². The lowest BCUT2D eigenvalue weighted by molar-refractivity contribution is -0.00523. The minimum absolute atomic E-state index is 0.132. The van der Waals surface area contributed by atoms with Crippen LogP contribution in [0.4, 0.5) is 10.1 Å². The number of aryl methyl sites for hydroxylation is 1. The van der Waals surface area contributed by atoms with Crippen molar-refractivity contribution >= 4 is 15.5 Å². The largest absolute Gasteiger partial charge is 0.372 e. The van der Waals surface area contributed by atoms with Crippen molar-refractivity contribution in [2.45, 2.75) is 83.7 Å². The van der Waals surface area contributed by atoms with Gasteiger partial charge in [-0.2, -0.15) is 0 Å². The Hall–Kier alpha value is -1.14. The van der Waals surface area contributed by atoms with Gasteiger partial charge in [-0.3, -0.25) is 0 Å². The number of ether oxygens (including phenoxy) is 1. The first-order valence-electron chi connectivity index (χ1n) is 10.6. The summed E-state index contributed by atoms with van der Waals surface area (Å²) >= 11 is 0. The highest BCUT2D eigenvalue weighted by Gasteiger charge is 2.23. The van der Waals surface area contributed by atoms with Crippen LogP contribution in [-0.2, 0) is 21.0 Å². The average molecular weight is 414 g/mol. The lowest BCUT2D eigenvalue weighted by atomic mass is 10.0. The maximum absolute atomic E-state index is 14.5. The van der Waals surface area contributed by atoms with Gasteiger partial charge in [-0.15, -0.1) is 0 Å². The highest BCUT2D eigenvalue weighted by Crippen LogP contribution is 2.24. The van der Waals surface area contributed by atoms with Crippen molar-refractivity contribution in [3.63, 3.8) is 0 Å². The van der Waals surface area contributed by atoms with Crippen LogP contribution < -0.4 is 4.90 Å². The zero-order valence-corrected chi connectivity index (χ0v) is 18.6. The van der Waals surface area contributed by atoms with Gasteiger partial charge in [0.25, 0.3) is 0 Å². The molecule has 28 heavy (non-hydrogen) atoms. The third-order valence-electron chi connectivity index (χ3n) is 5.41. The summed E-state index contributed by atoms with van der Waals surface area (Å²) < 4.78 is 43.8. The SMILES string of the molecule is CC(C)S(=O)(=O)CCCCCCCc1ccc(N2C[C@@H](C)O[C@@H](C)C2)cc1F. The summed E-state index contributed by atoms with van der Waals surface area (Å²) in [5.74, 6) is 0.145. The number of hydrogen-bond donors (Lipinski definition) is 0. The number of anilines is 1. The Bertz CT molecular complexity index is 710. The first kappa shape index (κ1) is 23.1. The Morgan fingerprint density at radius 1 is 1.07 bits per heavy atom. The first-order chi connectivity index (χ1) is 13.2. The van der Waals surface area contributed by atoms with E-state index in [0.717, 1.165) is 62.9 Å². The van der Waals surface area contributed by atoms with Crippen LogP contribution in [0.5, 0.6) is 0 Å². The number of halogens is 1. The maximum atomic E-state index is 14.5. The molecule has 0 amide bonds. The second-order valence-electron chi connectivity index (χ2n) is 8.37. The van der Waals surface area contributed by atoms with E-state index < -0.39 is 9.84 Å². The number of morpholine rings is 1. The van der Waals surface area contributed by atoms with Crippen LogP contribution in [0.3, 0.4) is 0 Å². The molecule has 0 bridgehead atoms. The Morgan fingerprint density at radius 2 is 1.68 bits per heavy atom. The summed E-state index contributed by atoms with van der Waals surface area (Å²) in [7, 11) is -2.92. The number of sulfone groups is 1. The van der Waals surface area contributed by atoms with Crippen LogP contribution in [0, 0.1) is 5.82 Å². The van der Waals surface area contributed by atoms with Crippen molar-refractivity contribution in [3.8, 4) is 0 Å². The maximum Gasteiger partial charge on any atom is 0.152 e. The molecule has 0 saturated carbocycles. The minimum atomic E-state index is -2.92. The molecule has 2 rings (SSSR count). The molecule has 4 nitrogen and oxygen atoms in total. The predicted octanol–water partition coefficient (Wildman–Crippen LogP) is 4.76. The molecular formula is C22H36FNO3S. The molecule has 1 aromatic rings.